The van der Waals surface area contributed by atoms with E-state index in [4.69, 9.17) is 18.9 Å². The fourth-order valence-electron chi connectivity index (χ4n) is 1.83. The fraction of sp³-hybridized carbons (Fsp3) is 0.793. The van der Waals surface area contributed by atoms with E-state index in [0.29, 0.717) is 19.6 Å². The third-order valence-electron chi connectivity index (χ3n) is 6.18. The van der Waals surface area contributed by atoms with Gasteiger partial charge in [-0.3, -0.25) is 14.4 Å². The van der Waals surface area contributed by atoms with Crippen LogP contribution in [-0.4, -0.2) is 75.7 Å². The van der Waals surface area contributed by atoms with Crippen molar-refractivity contribution in [2.75, 3.05) is 40.6 Å². The lowest BCUT2D eigenvalue weighted by Gasteiger charge is -2.21. The van der Waals surface area contributed by atoms with Crippen LogP contribution in [0.25, 0.3) is 0 Å². The molecule has 0 bridgehead atoms. The monoisotopic (exact) mass is 562 g/mol. The second kappa shape index (κ2) is 20.4. The van der Waals surface area contributed by atoms with Gasteiger partial charge in [-0.1, -0.05) is 27.4 Å². The number of hydrogen-bond acceptors (Lipinski definition) is 10. The maximum atomic E-state index is 11.6. The molecule has 0 spiro atoms. The van der Waals surface area contributed by atoms with E-state index < -0.39 is 17.5 Å². The molecule has 0 aromatic rings. The lowest BCUT2D eigenvalue weighted by molar-refractivity contribution is -0.159. The number of carbonyl (C=O) groups is 4. The first-order valence-corrected chi connectivity index (χ1v) is 13.2. The quantitative estimate of drug-likeness (QED) is 0.138. The molecule has 0 fully saturated rings. The molecule has 0 aliphatic rings. The van der Waals surface area contributed by atoms with E-state index in [1.807, 2.05) is 48.5 Å². The summed E-state index contributed by atoms with van der Waals surface area (Å²) < 4.78 is 24.0. The van der Waals surface area contributed by atoms with Crippen LogP contribution in [0.4, 0.5) is 0 Å². The van der Waals surface area contributed by atoms with Gasteiger partial charge in [-0.2, -0.15) is 0 Å². The lowest BCUT2D eigenvalue weighted by Crippen LogP contribution is -2.31. The zero-order valence-corrected chi connectivity index (χ0v) is 26.4. The Morgan fingerprint density at radius 2 is 1.08 bits per heavy atom. The van der Waals surface area contributed by atoms with Crippen molar-refractivity contribution in [2.24, 2.45) is 16.2 Å². The molecule has 0 saturated carbocycles. The van der Waals surface area contributed by atoms with Crippen LogP contribution in [0, 0.1) is 16.2 Å². The average molecular weight is 563 g/mol. The fourth-order valence-corrected chi connectivity index (χ4v) is 1.83. The second-order valence-electron chi connectivity index (χ2n) is 11.0. The maximum Gasteiger partial charge on any atom is 0.333 e. The summed E-state index contributed by atoms with van der Waals surface area (Å²) in [6, 6.07) is 0. The molecule has 0 aromatic heterocycles. The Morgan fingerprint density at radius 1 is 0.692 bits per heavy atom. The van der Waals surface area contributed by atoms with Crippen LogP contribution in [0.15, 0.2) is 12.2 Å². The van der Waals surface area contributed by atoms with Gasteiger partial charge in [0, 0.05) is 12.7 Å². The largest absolute Gasteiger partial charge is 0.469 e. The summed E-state index contributed by atoms with van der Waals surface area (Å²) in [4.78, 5) is 44.8. The minimum atomic E-state index is -1.02. The second-order valence-corrected chi connectivity index (χ2v) is 11.0. The van der Waals surface area contributed by atoms with Gasteiger partial charge in [0.2, 0.25) is 0 Å². The molecule has 0 aromatic carbocycles. The Labute approximate surface area is 235 Å². The van der Waals surface area contributed by atoms with Crippen molar-refractivity contribution in [3.05, 3.63) is 12.2 Å². The van der Waals surface area contributed by atoms with Crippen LogP contribution in [0.3, 0.4) is 0 Å². The Kier molecular flexibility index (Phi) is 21.5. The summed E-state index contributed by atoms with van der Waals surface area (Å²) in [6.45, 7) is 22.2. The van der Waals surface area contributed by atoms with Crippen molar-refractivity contribution in [3.63, 3.8) is 0 Å². The zero-order chi connectivity index (χ0) is 31.4. The molecule has 0 saturated heterocycles. The molecule has 10 nitrogen and oxygen atoms in total. The molecule has 1 unspecified atom stereocenters. The molecule has 10 heteroatoms. The minimum absolute atomic E-state index is 0.134. The number of rotatable bonds is 14. The highest BCUT2D eigenvalue weighted by atomic mass is 16.6. The highest BCUT2D eigenvalue weighted by Crippen LogP contribution is 2.22. The van der Waals surface area contributed by atoms with Crippen LogP contribution in [0.2, 0.25) is 0 Å². The number of aliphatic hydroxyl groups is 1. The van der Waals surface area contributed by atoms with Gasteiger partial charge in [0.25, 0.3) is 0 Å². The Balaban J connectivity index is -0.000000534. The number of aliphatic hydroxyl groups excluding tert-OH is 1. The summed E-state index contributed by atoms with van der Waals surface area (Å²) in [7, 11) is 3.00. The molecule has 0 radical (unpaired) electrons. The highest BCUT2D eigenvalue weighted by Gasteiger charge is 2.28. The van der Waals surface area contributed by atoms with E-state index in [-0.39, 0.29) is 47.5 Å². The first-order valence-electron chi connectivity index (χ1n) is 13.2. The van der Waals surface area contributed by atoms with Gasteiger partial charge in [0.15, 0.2) is 0 Å². The Morgan fingerprint density at radius 3 is 1.41 bits per heavy atom. The zero-order valence-electron chi connectivity index (χ0n) is 26.4. The van der Waals surface area contributed by atoms with Crippen molar-refractivity contribution >= 4 is 23.9 Å². The number of carbonyl (C=O) groups excluding carboxylic acids is 4. The summed E-state index contributed by atoms with van der Waals surface area (Å²) >= 11 is 0. The summed E-state index contributed by atoms with van der Waals surface area (Å²) in [5.74, 6) is -1.24. The molecule has 39 heavy (non-hydrogen) atoms. The summed E-state index contributed by atoms with van der Waals surface area (Å²) in [6.07, 6.45) is 1.23. The van der Waals surface area contributed by atoms with Gasteiger partial charge >= 0.3 is 23.9 Å². The molecule has 0 aliphatic carbocycles. The van der Waals surface area contributed by atoms with Gasteiger partial charge in [0.1, 0.15) is 25.9 Å². The van der Waals surface area contributed by atoms with Gasteiger partial charge in [-0.05, 0) is 67.7 Å². The van der Waals surface area contributed by atoms with E-state index >= 15 is 0 Å². The first-order chi connectivity index (χ1) is 17.8. The van der Waals surface area contributed by atoms with Crippen LogP contribution < -0.4 is 0 Å². The highest BCUT2D eigenvalue weighted by molar-refractivity contribution is 5.86. The van der Waals surface area contributed by atoms with Gasteiger partial charge in [0.05, 0.1) is 30.0 Å². The molecular weight excluding hydrogens is 508 g/mol. The number of esters is 4. The predicted molar refractivity (Wildman–Crippen MR) is 150 cm³/mol. The molecule has 1 atom stereocenters. The summed E-state index contributed by atoms with van der Waals surface area (Å²) in [5.41, 5.74) is -0.998. The topological polar surface area (TPSA) is 135 Å². The Hall–Kier alpha value is -2.46. The summed E-state index contributed by atoms with van der Waals surface area (Å²) in [5, 5.41) is 9.48. The lowest BCUT2D eigenvalue weighted by atomic mass is 9.91. The van der Waals surface area contributed by atoms with Gasteiger partial charge in [-0.25, -0.2) is 4.79 Å². The van der Waals surface area contributed by atoms with Gasteiger partial charge in [-0.15, -0.1) is 0 Å². The Bertz CT molecular complexity index is 753. The smallest absolute Gasteiger partial charge is 0.333 e. The average Bonchev–Trinajstić information content (AvgIpc) is 2.90. The van der Waals surface area contributed by atoms with E-state index in [2.05, 4.69) is 11.3 Å². The van der Waals surface area contributed by atoms with E-state index in [1.54, 1.807) is 21.0 Å². The van der Waals surface area contributed by atoms with Crippen molar-refractivity contribution < 1.29 is 48.0 Å². The van der Waals surface area contributed by atoms with E-state index in [0.717, 1.165) is 12.8 Å². The normalized spacial score (nSPS) is 11.9. The standard InChI is InChI=1S/C13H22O5.C9H18O3.C7H14O2/c1-6-13(4,5)12(16)18-8-10(14)7-17-11(15)9(2)3;1-5-9(2,3)8(10)12-7-6-11-4;1-5-7(2,3)6(8)9-4/h10,14H,2,6-8H2,1,3-5H3;5-7H2,1-4H3;5H2,1-4H3. The SMILES string of the molecule is C=C(C)C(=O)OCC(O)COC(=O)C(C)(C)CC.CCC(C)(C)C(=O)OC.CCC(C)(C)C(=O)OCCOC. The van der Waals surface area contributed by atoms with Gasteiger partial charge < -0.3 is 28.8 Å². The molecule has 0 amide bonds. The molecule has 1 N–H and O–H groups in total. The molecular formula is C29H54O10. The minimum Gasteiger partial charge on any atom is -0.469 e. The van der Waals surface area contributed by atoms with Crippen LogP contribution in [0.1, 0.15) is 88.5 Å². The van der Waals surface area contributed by atoms with E-state index in [9.17, 15) is 24.3 Å². The van der Waals surface area contributed by atoms with E-state index in [1.165, 1.54) is 14.0 Å². The predicted octanol–water partition coefficient (Wildman–Crippen LogP) is 4.65. The number of methoxy groups -OCH3 is 2. The number of hydrogen-bond donors (Lipinski definition) is 1. The van der Waals surface area contributed by atoms with Crippen LogP contribution >= 0.6 is 0 Å². The maximum absolute atomic E-state index is 11.6. The van der Waals surface area contributed by atoms with Crippen molar-refractivity contribution in [1.82, 2.24) is 0 Å². The molecule has 230 valence electrons. The van der Waals surface area contributed by atoms with Crippen LogP contribution in [0.5, 0.6) is 0 Å². The molecule has 0 heterocycles. The van der Waals surface area contributed by atoms with Crippen molar-refractivity contribution in [2.45, 2.75) is 94.6 Å². The van der Waals surface area contributed by atoms with Crippen LogP contribution in [-0.2, 0) is 42.9 Å². The third-order valence-corrected chi connectivity index (χ3v) is 6.18. The third kappa shape index (κ3) is 19.3. The first kappa shape index (κ1) is 41.0. The van der Waals surface area contributed by atoms with Crippen molar-refractivity contribution in [1.29, 1.82) is 0 Å². The molecule has 0 aliphatic heterocycles. The van der Waals surface area contributed by atoms with Crippen molar-refractivity contribution in [3.8, 4) is 0 Å². The molecule has 0 rings (SSSR count). The number of ether oxygens (including phenoxy) is 5.